The molecule has 0 fully saturated rings. The summed E-state index contributed by atoms with van der Waals surface area (Å²) in [7, 11) is 1.89. The topological polar surface area (TPSA) is 27.8 Å². The summed E-state index contributed by atoms with van der Waals surface area (Å²) in [5, 5.41) is 6.32. The molecule has 2 nitrogen and oxygen atoms in total. The van der Waals surface area contributed by atoms with E-state index in [1.54, 1.807) is 0 Å². The summed E-state index contributed by atoms with van der Waals surface area (Å²) in [4.78, 5) is 3.23. The van der Waals surface area contributed by atoms with Crippen molar-refractivity contribution in [1.29, 1.82) is 0 Å². The average molecular weight is 172 g/mol. The highest BCUT2D eigenvalue weighted by Gasteiger charge is 1.95. The zero-order valence-electron chi connectivity index (χ0n) is 7.59. The number of hydrogen-bond donors (Lipinski definition) is 2. The summed E-state index contributed by atoms with van der Waals surface area (Å²) < 4.78 is 0. The van der Waals surface area contributed by atoms with Gasteiger partial charge in [-0.15, -0.1) is 0 Å². The van der Waals surface area contributed by atoms with Crippen molar-refractivity contribution in [2.45, 2.75) is 0 Å². The predicted molar refractivity (Wildman–Crippen MR) is 56.6 cm³/mol. The van der Waals surface area contributed by atoms with Crippen molar-refractivity contribution in [3.63, 3.8) is 0 Å². The van der Waals surface area contributed by atoms with Crippen LogP contribution in [0.2, 0.25) is 0 Å². The van der Waals surface area contributed by atoms with Gasteiger partial charge in [0.25, 0.3) is 0 Å². The maximum Gasteiger partial charge on any atom is 0.0465 e. The van der Waals surface area contributed by atoms with Gasteiger partial charge in [0.1, 0.15) is 0 Å². The van der Waals surface area contributed by atoms with Gasteiger partial charge in [0.05, 0.1) is 0 Å². The minimum atomic E-state index is 0.954. The Hall–Kier alpha value is -1.70. The number of nitrogens with one attached hydrogen (secondary N) is 2. The summed E-state index contributed by atoms with van der Waals surface area (Å²) in [6.45, 7) is 3.95. The minimum absolute atomic E-state index is 0.954. The third-order valence-electron chi connectivity index (χ3n) is 2.12. The quantitative estimate of drug-likeness (QED) is 0.645. The largest absolute Gasteiger partial charge is 0.393 e. The van der Waals surface area contributed by atoms with E-state index in [2.05, 4.69) is 29.0 Å². The van der Waals surface area contributed by atoms with Crippen LogP contribution in [0, 0.1) is 0 Å². The van der Waals surface area contributed by atoms with Crippen LogP contribution < -0.4 is 15.9 Å². The number of benzene rings is 1. The molecule has 1 aromatic carbocycles. The van der Waals surface area contributed by atoms with Crippen LogP contribution in [0.5, 0.6) is 0 Å². The molecule has 0 spiro atoms. The Labute approximate surface area is 76.6 Å². The molecule has 0 saturated heterocycles. The standard InChI is InChI=1S/C11H12N2/c1-8-10(7-12-2)9-5-3-4-6-11(9)13-8/h3-7,12-13H,1H2,2H3/b10-7+. The van der Waals surface area contributed by atoms with Gasteiger partial charge in [-0.3, -0.25) is 0 Å². The third-order valence-corrected chi connectivity index (χ3v) is 2.12. The average Bonchev–Trinajstić information content (AvgIpc) is 2.44. The first-order valence-corrected chi connectivity index (χ1v) is 4.26. The highest BCUT2D eigenvalue weighted by Crippen LogP contribution is 2.02. The van der Waals surface area contributed by atoms with Gasteiger partial charge in [0.2, 0.25) is 0 Å². The van der Waals surface area contributed by atoms with E-state index in [1.165, 1.54) is 5.39 Å². The Bertz CT molecular complexity index is 523. The summed E-state index contributed by atoms with van der Waals surface area (Å²) >= 11 is 0. The molecular weight excluding hydrogens is 160 g/mol. The van der Waals surface area contributed by atoms with Crippen LogP contribution >= 0.6 is 0 Å². The predicted octanol–water partition coefficient (Wildman–Crippen LogP) is 0.536. The molecule has 2 rings (SSSR count). The van der Waals surface area contributed by atoms with E-state index in [9.17, 15) is 0 Å². The van der Waals surface area contributed by atoms with Crippen LogP contribution in [0.3, 0.4) is 0 Å². The van der Waals surface area contributed by atoms with Gasteiger partial charge in [-0.05, 0) is 6.07 Å². The van der Waals surface area contributed by atoms with Crippen molar-refractivity contribution in [2.24, 2.45) is 0 Å². The Morgan fingerprint density at radius 2 is 2.15 bits per heavy atom. The number of rotatable bonds is 1. The monoisotopic (exact) mass is 172 g/mol. The second-order valence-corrected chi connectivity index (χ2v) is 3.00. The van der Waals surface area contributed by atoms with Crippen molar-refractivity contribution in [3.05, 3.63) is 34.8 Å². The molecule has 2 heteroatoms. The van der Waals surface area contributed by atoms with E-state index in [4.69, 9.17) is 0 Å². The lowest BCUT2D eigenvalue weighted by Crippen LogP contribution is -2.23. The maximum absolute atomic E-state index is 3.95. The van der Waals surface area contributed by atoms with E-state index < -0.39 is 0 Å². The third kappa shape index (κ3) is 1.20. The fourth-order valence-corrected chi connectivity index (χ4v) is 1.53. The normalized spacial score (nSPS) is 12.2. The van der Waals surface area contributed by atoms with Crippen LogP contribution in [-0.4, -0.2) is 12.0 Å². The second-order valence-electron chi connectivity index (χ2n) is 3.00. The molecule has 0 amide bonds. The fourth-order valence-electron chi connectivity index (χ4n) is 1.53. The van der Waals surface area contributed by atoms with E-state index in [0.717, 1.165) is 16.1 Å². The van der Waals surface area contributed by atoms with Gasteiger partial charge in [-0.25, -0.2) is 0 Å². The number of aromatic nitrogens is 1. The fraction of sp³-hybridized carbons (Fsp3) is 0.0909. The Kier molecular flexibility index (Phi) is 1.81. The van der Waals surface area contributed by atoms with Crippen molar-refractivity contribution < 1.29 is 0 Å². The van der Waals surface area contributed by atoms with E-state index in [0.29, 0.717) is 0 Å². The molecule has 1 heterocycles. The summed E-state index contributed by atoms with van der Waals surface area (Å²) in [6.07, 6.45) is 1.96. The van der Waals surface area contributed by atoms with E-state index >= 15 is 0 Å². The van der Waals surface area contributed by atoms with Crippen LogP contribution in [0.1, 0.15) is 0 Å². The van der Waals surface area contributed by atoms with Gasteiger partial charge in [-0.2, -0.15) is 0 Å². The van der Waals surface area contributed by atoms with E-state index in [1.807, 2.05) is 25.4 Å². The van der Waals surface area contributed by atoms with Crippen LogP contribution in [0.25, 0.3) is 23.7 Å². The smallest absolute Gasteiger partial charge is 0.0465 e. The second kappa shape index (κ2) is 2.98. The van der Waals surface area contributed by atoms with Crippen molar-refractivity contribution in [3.8, 4) is 0 Å². The zero-order chi connectivity index (χ0) is 9.26. The molecule has 2 aromatic rings. The maximum atomic E-state index is 3.95. The Balaban J connectivity index is 2.95. The van der Waals surface area contributed by atoms with Gasteiger partial charge in [0.15, 0.2) is 0 Å². The molecule has 0 radical (unpaired) electrons. The number of hydrogen-bond acceptors (Lipinski definition) is 1. The SMILES string of the molecule is C=c1[nH]c2ccccc2/c1=C/NC. The molecule has 66 valence electrons. The number of H-pyrrole nitrogens is 1. The lowest BCUT2D eigenvalue weighted by Gasteiger charge is -1.87. The van der Waals surface area contributed by atoms with Gasteiger partial charge < -0.3 is 10.3 Å². The van der Waals surface area contributed by atoms with Gasteiger partial charge >= 0.3 is 0 Å². The van der Waals surface area contributed by atoms with Crippen molar-refractivity contribution >= 4 is 23.7 Å². The lowest BCUT2D eigenvalue weighted by molar-refractivity contribution is 1.17. The molecule has 1 aromatic heterocycles. The first-order chi connectivity index (χ1) is 6.33. The van der Waals surface area contributed by atoms with Crippen LogP contribution in [0.15, 0.2) is 24.3 Å². The first-order valence-electron chi connectivity index (χ1n) is 4.26. The Morgan fingerprint density at radius 3 is 2.92 bits per heavy atom. The summed E-state index contributed by atoms with van der Waals surface area (Å²) in [5.74, 6) is 0. The highest BCUT2D eigenvalue weighted by atomic mass is 14.8. The highest BCUT2D eigenvalue weighted by molar-refractivity contribution is 5.80. The number of fused-ring (bicyclic) bond motifs is 1. The van der Waals surface area contributed by atoms with Crippen LogP contribution in [-0.2, 0) is 0 Å². The minimum Gasteiger partial charge on any atom is -0.393 e. The molecule has 2 N–H and O–H groups in total. The van der Waals surface area contributed by atoms with Gasteiger partial charge in [0, 0.05) is 34.7 Å². The number of para-hydroxylation sites is 1. The molecule has 0 aliphatic carbocycles. The number of aromatic amines is 1. The van der Waals surface area contributed by atoms with Crippen molar-refractivity contribution in [1.82, 2.24) is 10.3 Å². The molecule has 0 aliphatic heterocycles. The Morgan fingerprint density at radius 1 is 1.38 bits per heavy atom. The molecule has 0 saturated carbocycles. The first kappa shape index (κ1) is 7.92. The van der Waals surface area contributed by atoms with Crippen molar-refractivity contribution in [2.75, 3.05) is 7.05 Å². The lowest BCUT2D eigenvalue weighted by atomic mass is 10.2. The summed E-state index contributed by atoms with van der Waals surface area (Å²) in [5.41, 5.74) is 1.13. The zero-order valence-corrected chi connectivity index (χ0v) is 7.59. The molecular formula is C11H12N2. The van der Waals surface area contributed by atoms with Gasteiger partial charge in [-0.1, -0.05) is 24.8 Å². The molecule has 0 bridgehead atoms. The summed E-state index contributed by atoms with van der Waals surface area (Å²) in [6, 6.07) is 8.19. The van der Waals surface area contributed by atoms with Crippen LogP contribution in [0.4, 0.5) is 0 Å². The molecule has 0 aliphatic rings. The molecule has 13 heavy (non-hydrogen) atoms. The van der Waals surface area contributed by atoms with E-state index in [-0.39, 0.29) is 0 Å². The molecule has 0 unspecified atom stereocenters. The molecule has 0 atom stereocenters.